The zero-order valence-corrected chi connectivity index (χ0v) is 29.8. The van der Waals surface area contributed by atoms with Crippen LogP contribution in [0.15, 0.2) is 53.0 Å². The van der Waals surface area contributed by atoms with Crippen molar-refractivity contribution >= 4 is 57.5 Å². The fraction of sp³-hybridized carbons (Fsp3) is 0.333. The molecule has 4 heterocycles. The number of fused-ring (bicyclic) bond motifs is 2. The number of oxazole rings is 1. The number of nitrogens with one attached hydrogen (secondary N) is 2. The number of nitrogens with two attached hydrogens (primary N) is 1. The molecule has 4 aromatic heterocycles. The van der Waals surface area contributed by atoms with Crippen LogP contribution in [0.3, 0.4) is 0 Å². The van der Waals surface area contributed by atoms with E-state index in [-0.39, 0.29) is 18.8 Å². The second-order valence-electron chi connectivity index (χ2n) is 12.0. The standard InChI is InChI=1S/C36H42N10O6/c1-6-25-33(52-22(4)38-25)42-36-40-27-19-24(32(37)48)20-29(51-16-10-15-47)31(27)45(36)14-9-8-13-44-28-12-11-23(34(49)50-5)18-26(28)39-35(44)41-30-17-21(3)43-46(30)7-2/h8-9,11-12,17-20,47H,6-7,10,13-16H2,1-5H3,(H2,37,48)(H,39,41)(H,40,42)/b9-8+. The summed E-state index contributed by atoms with van der Waals surface area (Å²) in [5.41, 5.74) is 10.4. The van der Waals surface area contributed by atoms with Gasteiger partial charge in [-0.2, -0.15) is 5.10 Å². The number of carbonyl (C=O) groups excluding carboxylic acids is 2. The lowest BCUT2D eigenvalue weighted by atomic mass is 10.1. The number of benzene rings is 2. The van der Waals surface area contributed by atoms with E-state index in [1.807, 2.05) is 58.9 Å². The van der Waals surface area contributed by atoms with Crippen LogP contribution in [-0.4, -0.2) is 71.2 Å². The monoisotopic (exact) mass is 710 g/mol. The first kappa shape index (κ1) is 35.7. The molecule has 6 rings (SSSR count). The Morgan fingerprint density at radius 3 is 2.40 bits per heavy atom. The van der Waals surface area contributed by atoms with Gasteiger partial charge in [-0.15, -0.1) is 0 Å². The van der Waals surface area contributed by atoms with Gasteiger partial charge in [-0.1, -0.05) is 19.1 Å². The highest BCUT2D eigenvalue weighted by Crippen LogP contribution is 2.33. The van der Waals surface area contributed by atoms with Gasteiger partial charge in [0.1, 0.15) is 22.8 Å². The number of aliphatic hydroxyl groups excluding tert-OH is 1. The predicted octanol–water partition coefficient (Wildman–Crippen LogP) is 5.16. The largest absolute Gasteiger partial charge is 0.491 e. The quantitative estimate of drug-likeness (QED) is 0.0585. The summed E-state index contributed by atoms with van der Waals surface area (Å²) in [6.07, 6.45) is 5.01. The van der Waals surface area contributed by atoms with Crippen molar-refractivity contribution in [3.63, 3.8) is 0 Å². The first-order valence-electron chi connectivity index (χ1n) is 17.0. The first-order valence-corrected chi connectivity index (χ1v) is 17.0. The number of imidazole rings is 2. The number of aryl methyl sites for hydroxylation is 4. The Labute approximate surface area is 299 Å². The molecule has 1 amide bonds. The lowest BCUT2D eigenvalue weighted by Crippen LogP contribution is -2.12. The lowest BCUT2D eigenvalue weighted by molar-refractivity contribution is 0.0600. The Morgan fingerprint density at radius 1 is 0.962 bits per heavy atom. The van der Waals surface area contributed by atoms with Gasteiger partial charge >= 0.3 is 5.97 Å². The van der Waals surface area contributed by atoms with Gasteiger partial charge in [-0.25, -0.2) is 24.4 Å². The molecule has 0 aliphatic carbocycles. The number of aromatic nitrogens is 7. The summed E-state index contributed by atoms with van der Waals surface area (Å²) in [5, 5.41) is 20.7. The highest BCUT2D eigenvalue weighted by Gasteiger charge is 2.21. The van der Waals surface area contributed by atoms with E-state index in [2.05, 4.69) is 20.7 Å². The minimum atomic E-state index is -0.621. The molecule has 272 valence electrons. The van der Waals surface area contributed by atoms with E-state index in [0.717, 1.165) is 22.7 Å². The number of rotatable bonds is 16. The second kappa shape index (κ2) is 15.4. The maximum atomic E-state index is 12.3. The van der Waals surface area contributed by atoms with Crippen LogP contribution in [0.1, 0.15) is 58.3 Å². The van der Waals surface area contributed by atoms with E-state index in [4.69, 9.17) is 29.6 Å². The smallest absolute Gasteiger partial charge is 0.337 e. The van der Waals surface area contributed by atoms with Gasteiger partial charge in [-0.05, 0) is 50.6 Å². The lowest BCUT2D eigenvalue weighted by Gasteiger charge is -2.13. The van der Waals surface area contributed by atoms with Gasteiger partial charge < -0.3 is 39.2 Å². The molecule has 52 heavy (non-hydrogen) atoms. The van der Waals surface area contributed by atoms with Gasteiger partial charge in [0.2, 0.25) is 23.7 Å². The fourth-order valence-corrected chi connectivity index (χ4v) is 5.93. The number of aliphatic hydroxyl groups is 1. The number of ether oxygens (including phenoxy) is 2. The molecule has 0 spiro atoms. The zero-order valence-electron chi connectivity index (χ0n) is 29.8. The number of amides is 1. The predicted molar refractivity (Wildman–Crippen MR) is 195 cm³/mol. The number of carbonyl (C=O) groups is 2. The highest BCUT2D eigenvalue weighted by atomic mass is 16.5. The van der Waals surface area contributed by atoms with Crippen LogP contribution in [0.2, 0.25) is 0 Å². The molecule has 6 aromatic rings. The summed E-state index contributed by atoms with van der Waals surface area (Å²) in [6.45, 7) is 9.28. The number of hydrogen-bond acceptors (Lipinski definition) is 12. The van der Waals surface area contributed by atoms with Gasteiger partial charge in [0.05, 0.1) is 41.5 Å². The average Bonchev–Trinajstić information content (AvgIpc) is 3.88. The summed E-state index contributed by atoms with van der Waals surface area (Å²) in [7, 11) is 1.34. The molecule has 0 radical (unpaired) electrons. The Balaban J connectivity index is 1.39. The molecule has 0 fully saturated rings. The van der Waals surface area contributed by atoms with E-state index in [1.54, 1.807) is 31.2 Å². The molecule has 16 nitrogen and oxygen atoms in total. The van der Waals surface area contributed by atoms with Crippen molar-refractivity contribution in [3.8, 4) is 5.75 Å². The summed E-state index contributed by atoms with van der Waals surface area (Å²) < 4.78 is 22.7. The Hall–Kier alpha value is -6.16. The molecule has 0 saturated carbocycles. The van der Waals surface area contributed by atoms with Crippen LogP contribution >= 0.6 is 0 Å². The molecule has 0 unspecified atom stereocenters. The molecular formula is C36H42N10O6. The summed E-state index contributed by atoms with van der Waals surface area (Å²) >= 11 is 0. The number of hydrogen-bond donors (Lipinski definition) is 4. The molecular weight excluding hydrogens is 668 g/mol. The fourth-order valence-electron chi connectivity index (χ4n) is 5.93. The maximum Gasteiger partial charge on any atom is 0.337 e. The SMILES string of the molecule is CCc1nc(C)oc1Nc1nc2cc(C(N)=O)cc(OCCCO)c2n1C/C=C/Cn1c(Nc2cc(C)nn2CC)nc2cc(C(=O)OC)ccc21. The zero-order chi connectivity index (χ0) is 36.9. The van der Waals surface area contributed by atoms with E-state index < -0.39 is 11.9 Å². The average molecular weight is 711 g/mol. The Morgan fingerprint density at radius 2 is 1.69 bits per heavy atom. The molecule has 2 aromatic carbocycles. The van der Waals surface area contributed by atoms with Crippen molar-refractivity contribution in [3.05, 3.63) is 77.0 Å². The van der Waals surface area contributed by atoms with Crippen LogP contribution in [0.5, 0.6) is 5.75 Å². The molecule has 0 aliphatic heterocycles. The summed E-state index contributed by atoms with van der Waals surface area (Å²) in [6, 6.07) is 10.4. The first-order chi connectivity index (χ1) is 25.1. The van der Waals surface area contributed by atoms with Crippen LogP contribution in [0, 0.1) is 13.8 Å². The molecule has 16 heteroatoms. The number of primary amides is 1. The van der Waals surface area contributed by atoms with Crippen LogP contribution < -0.4 is 21.1 Å². The molecule has 0 atom stereocenters. The second-order valence-corrected chi connectivity index (χ2v) is 12.0. The minimum Gasteiger partial charge on any atom is -0.491 e. The Kier molecular flexibility index (Phi) is 10.6. The van der Waals surface area contributed by atoms with Gasteiger partial charge in [-0.3, -0.25) is 10.1 Å². The van der Waals surface area contributed by atoms with Crippen molar-refractivity contribution < 1.29 is 28.6 Å². The summed E-state index contributed by atoms with van der Waals surface area (Å²) in [4.78, 5) is 38.7. The molecule has 0 bridgehead atoms. The van der Waals surface area contributed by atoms with E-state index in [1.165, 1.54) is 7.11 Å². The van der Waals surface area contributed by atoms with Gasteiger partial charge in [0, 0.05) is 51.2 Å². The number of nitrogens with zero attached hydrogens (tertiary/aromatic N) is 7. The van der Waals surface area contributed by atoms with Crippen molar-refractivity contribution in [2.45, 2.75) is 60.2 Å². The third kappa shape index (κ3) is 7.32. The van der Waals surface area contributed by atoms with E-state index >= 15 is 0 Å². The van der Waals surface area contributed by atoms with E-state index in [0.29, 0.717) is 84.0 Å². The third-order valence-electron chi connectivity index (χ3n) is 8.37. The third-order valence-corrected chi connectivity index (χ3v) is 8.37. The van der Waals surface area contributed by atoms with Crippen LogP contribution in [0.25, 0.3) is 22.1 Å². The van der Waals surface area contributed by atoms with Crippen molar-refractivity contribution in [1.82, 2.24) is 33.9 Å². The molecule has 5 N–H and O–H groups in total. The normalized spacial score (nSPS) is 11.6. The number of esters is 1. The van der Waals surface area contributed by atoms with Gasteiger partial charge in [0.15, 0.2) is 5.89 Å². The van der Waals surface area contributed by atoms with Crippen molar-refractivity contribution in [2.75, 3.05) is 31.0 Å². The molecule has 0 saturated heterocycles. The van der Waals surface area contributed by atoms with E-state index in [9.17, 15) is 14.7 Å². The van der Waals surface area contributed by atoms with Crippen LogP contribution in [0.4, 0.5) is 23.6 Å². The van der Waals surface area contributed by atoms with Crippen molar-refractivity contribution in [1.29, 1.82) is 0 Å². The van der Waals surface area contributed by atoms with Crippen molar-refractivity contribution in [2.24, 2.45) is 5.73 Å². The number of methoxy groups -OCH3 is 1. The Bertz CT molecular complexity index is 2280. The summed E-state index contributed by atoms with van der Waals surface area (Å²) in [5.74, 6) is 2.10. The number of anilines is 4. The maximum absolute atomic E-state index is 12.3. The van der Waals surface area contributed by atoms with Gasteiger partial charge in [0.25, 0.3) is 0 Å². The highest BCUT2D eigenvalue weighted by molar-refractivity contribution is 5.99. The number of allylic oxidation sites excluding steroid dienone is 2. The van der Waals surface area contributed by atoms with Crippen LogP contribution in [-0.2, 0) is 30.8 Å². The minimum absolute atomic E-state index is 0.0533. The molecule has 0 aliphatic rings. The topological polar surface area (TPSA) is 202 Å².